The Kier molecular flexibility index (Phi) is 4.12. The maximum atomic E-state index is 4.63. The van der Waals surface area contributed by atoms with Crippen LogP contribution in [0.2, 0.25) is 0 Å². The van der Waals surface area contributed by atoms with Gasteiger partial charge in [-0.05, 0) is 44.1 Å². The number of nitrogens with zero attached hydrogens (tertiary/aromatic N) is 2. The molecule has 1 aliphatic carbocycles. The van der Waals surface area contributed by atoms with Crippen LogP contribution in [0.1, 0.15) is 37.8 Å². The quantitative estimate of drug-likeness (QED) is 0.756. The molecule has 1 atom stereocenters. The number of likely N-dealkylation sites (N-methyl/N-ethyl adjacent to an activating group) is 1. The Morgan fingerprint density at radius 2 is 1.85 bits per heavy atom. The van der Waals surface area contributed by atoms with Crippen LogP contribution in [0.5, 0.6) is 0 Å². The second-order valence-electron chi connectivity index (χ2n) is 6.43. The first-order valence-corrected chi connectivity index (χ1v) is 7.08. The number of allylic oxidation sites excluding steroid dienone is 3. The fourth-order valence-electron chi connectivity index (χ4n) is 2.18. The summed E-state index contributed by atoms with van der Waals surface area (Å²) >= 11 is 0. The average molecular weight is 268 g/mol. The molecule has 0 saturated carbocycles. The van der Waals surface area contributed by atoms with Crippen LogP contribution in [0.4, 0.5) is 0 Å². The molecule has 0 fully saturated rings. The highest BCUT2D eigenvalue weighted by Gasteiger charge is 2.15. The molecule has 1 aromatic carbocycles. The number of benzene rings is 1. The van der Waals surface area contributed by atoms with E-state index in [9.17, 15) is 0 Å². The Morgan fingerprint density at radius 3 is 2.45 bits per heavy atom. The molecule has 2 rings (SSSR count). The first-order chi connectivity index (χ1) is 9.37. The Hall–Kier alpha value is -1.83. The van der Waals surface area contributed by atoms with Crippen molar-refractivity contribution in [1.29, 1.82) is 0 Å². The summed E-state index contributed by atoms with van der Waals surface area (Å²) in [5.74, 6) is 0.343. The Morgan fingerprint density at radius 1 is 1.15 bits per heavy atom. The standard InChI is InChI=1S/C18H24N2/c1-18(2,3)19-13-15-8-6-7-9-17(15)14-10-11-16(12-14)20(4)5/h6-14H,1-5H3. The molecule has 0 N–H and O–H groups in total. The summed E-state index contributed by atoms with van der Waals surface area (Å²) in [5, 5.41) is 0. The van der Waals surface area contributed by atoms with Crippen molar-refractivity contribution >= 4 is 6.21 Å². The SMILES string of the molecule is CN(C)C1=CC(c2ccccc2C=NC(C)(C)C)C=C1. The molecule has 2 heteroatoms. The first kappa shape index (κ1) is 14.6. The Labute approximate surface area is 122 Å². The predicted molar refractivity (Wildman–Crippen MR) is 87.4 cm³/mol. The molecule has 0 bridgehead atoms. The highest BCUT2D eigenvalue weighted by Crippen LogP contribution is 2.29. The summed E-state index contributed by atoms with van der Waals surface area (Å²) in [6.07, 6.45) is 8.73. The molecular formula is C18H24N2. The number of rotatable bonds is 3. The zero-order valence-electron chi connectivity index (χ0n) is 13.1. The van der Waals surface area contributed by atoms with Gasteiger partial charge in [0.05, 0.1) is 5.54 Å². The van der Waals surface area contributed by atoms with Crippen molar-refractivity contribution in [3.05, 3.63) is 59.3 Å². The van der Waals surface area contributed by atoms with Crippen molar-refractivity contribution in [2.24, 2.45) is 4.99 Å². The van der Waals surface area contributed by atoms with Crippen LogP contribution in [0, 0.1) is 0 Å². The molecule has 20 heavy (non-hydrogen) atoms. The van der Waals surface area contributed by atoms with E-state index in [2.05, 4.69) is 87.3 Å². The van der Waals surface area contributed by atoms with Gasteiger partial charge in [-0.15, -0.1) is 0 Å². The third kappa shape index (κ3) is 3.60. The molecule has 0 aliphatic heterocycles. The van der Waals surface area contributed by atoms with E-state index < -0.39 is 0 Å². The molecule has 0 heterocycles. The van der Waals surface area contributed by atoms with E-state index in [4.69, 9.17) is 0 Å². The molecule has 0 amide bonds. The number of aliphatic imine (C=N–C) groups is 1. The molecule has 2 nitrogen and oxygen atoms in total. The van der Waals surface area contributed by atoms with Gasteiger partial charge in [-0.3, -0.25) is 4.99 Å². The van der Waals surface area contributed by atoms with Gasteiger partial charge in [-0.1, -0.05) is 30.3 Å². The highest BCUT2D eigenvalue weighted by molar-refractivity contribution is 5.82. The van der Waals surface area contributed by atoms with Gasteiger partial charge >= 0.3 is 0 Å². The summed E-state index contributed by atoms with van der Waals surface area (Å²) in [6.45, 7) is 6.35. The lowest BCUT2D eigenvalue weighted by Crippen LogP contribution is -2.10. The summed E-state index contributed by atoms with van der Waals surface area (Å²) in [5.41, 5.74) is 3.74. The second-order valence-corrected chi connectivity index (χ2v) is 6.43. The fourth-order valence-corrected chi connectivity index (χ4v) is 2.18. The lowest BCUT2D eigenvalue weighted by atomic mass is 9.95. The van der Waals surface area contributed by atoms with E-state index >= 15 is 0 Å². The summed E-state index contributed by atoms with van der Waals surface area (Å²) in [6, 6.07) is 8.50. The molecule has 0 aromatic heterocycles. The van der Waals surface area contributed by atoms with Gasteiger partial charge in [-0.25, -0.2) is 0 Å². The van der Waals surface area contributed by atoms with Crippen molar-refractivity contribution in [3.8, 4) is 0 Å². The third-order valence-corrected chi connectivity index (χ3v) is 3.29. The predicted octanol–water partition coefficient (Wildman–Crippen LogP) is 4.00. The number of hydrogen-bond acceptors (Lipinski definition) is 2. The van der Waals surface area contributed by atoms with Crippen molar-refractivity contribution < 1.29 is 0 Å². The lowest BCUT2D eigenvalue weighted by Gasteiger charge is -2.14. The second kappa shape index (κ2) is 5.66. The van der Waals surface area contributed by atoms with Gasteiger partial charge in [0.25, 0.3) is 0 Å². The van der Waals surface area contributed by atoms with Gasteiger partial charge in [0.15, 0.2) is 0 Å². The zero-order valence-corrected chi connectivity index (χ0v) is 13.1. The molecule has 0 spiro atoms. The smallest absolute Gasteiger partial charge is 0.0524 e. The zero-order chi connectivity index (χ0) is 14.8. The largest absolute Gasteiger partial charge is 0.378 e. The van der Waals surface area contributed by atoms with Crippen molar-refractivity contribution in [2.45, 2.75) is 32.2 Å². The van der Waals surface area contributed by atoms with Crippen LogP contribution in [0.15, 0.2) is 53.2 Å². The van der Waals surface area contributed by atoms with Crippen LogP contribution in [-0.4, -0.2) is 30.7 Å². The third-order valence-electron chi connectivity index (χ3n) is 3.29. The van der Waals surface area contributed by atoms with E-state index in [-0.39, 0.29) is 5.54 Å². The molecule has 1 aromatic rings. The normalized spacial score (nSPS) is 18.6. The van der Waals surface area contributed by atoms with Gasteiger partial charge in [-0.2, -0.15) is 0 Å². The lowest BCUT2D eigenvalue weighted by molar-refractivity contribution is 0.530. The van der Waals surface area contributed by atoms with Crippen molar-refractivity contribution in [2.75, 3.05) is 14.1 Å². The summed E-state index contributed by atoms with van der Waals surface area (Å²) < 4.78 is 0. The fraction of sp³-hybridized carbons (Fsp3) is 0.389. The van der Waals surface area contributed by atoms with Crippen LogP contribution in [0.3, 0.4) is 0 Å². The van der Waals surface area contributed by atoms with Crippen LogP contribution in [0.25, 0.3) is 0 Å². The molecule has 1 unspecified atom stereocenters. The van der Waals surface area contributed by atoms with Gasteiger partial charge < -0.3 is 4.90 Å². The molecular weight excluding hydrogens is 244 g/mol. The Bertz CT molecular complexity index is 557. The minimum absolute atomic E-state index is 0.0384. The number of hydrogen-bond donors (Lipinski definition) is 0. The summed E-state index contributed by atoms with van der Waals surface area (Å²) in [4.78, 5) is 6.77. The van der Waals surface area contributed by atoms with Crippen LogP contribution < -0.4 is 0 Å². The van der Waals surface area contributed by atoms with E-state index in [1.807, 2.05) is 6.21 Å². The Balaban J connectivity index is 2.31. The van der Waals surface area contributed by atoms with E-state index in [0.29, 0.717) is 5.92 Å². The minimum atomic E-state index is -0.0384. The maximum absolute atomic E-state index is 4.63. The van der Waals surface area contributed by atoms with Crippen molar-refractivity contribution in [3.63, 3.8) is 0 Å². The van der Waals surface area contributed by atoms with Crippen molar-refractivity contribution in [1.82, 2.24) is 4.90 Å². The minimum Gasteiger partial charge on any atom is -0.378 e. The first-order valence-electron chi connectivity index (χ1n) is 7.08. The molecule has 1 aliphatic rings. The molecule has 106 valence electrons. The topological polar surface area (TPSA) is 15.6 Å². The van der Waals surface area contributed by atoms with Gasteiger partial charge in [0, 0.05) is 31.9 Å². The maximum Gasteiger partial charge on any atom is 0.0524 e. The van der Waals surface area contributed by atoms with Crippen LogP contribution in [-0.2, 0) is 0 Å². The van der Waals surface area contributed by atoms with Crippen LogP contribution >= 0.6 is 0 Å². The highest BCUT2D eigenvalue weighted by atomic mass is 15.1. The van der Waals surface area contributed by atoms with E-state index in [1.165, 1.54) is 16.8 Å². The van der Waals surface area contributed by atoms with Gasteiger partial charge in [0.2, 0.25) is 0 Å². The molecule has 0 saturated heterocycles. The van der Waals surface area contributed by atoms with Gasteiger partial charge in [0.1, 0.15) is 0 Å². The average Bonchev–Trinajstić information content (AvgIpc) is 2.85. The monoisotopic (exact) mass is 268 g/mol. The summed E-state index contributed by atoms with van der Waals surface area (Å²) in [7, 11) is 4.15. The molecule has 0 radical (unpaired) electrons. The van der Waals surface area contributed by atoms with E-state index in [1.54, 1.807) is 0 Å². The van der Waals surface area contributed by atoms with E-state index in [0.717, 1.165) is 0 Å².